The molecular formula is C48H48Br4ClN19O9S3. The fourth-order valence-electron chi connectivity index (χ4n) is 7.02. The van der Waals surface area contributed by atoms with Gasteiger partial charge in [-0.1, -0.05) is 42.9 Å². The second-order valence-electron chi connectivity index (χ2n) is 16.3. The van der Waals surface area contributed by atoms with Crippen molar-refractivity contribution in [2.45, 2.75) is 46.2 Å². The first-order chi connectivity index (χ1) is 39.2. The van der Waals surface area contributed by atoms with E-state index < -0.39 is 28.2 Å². The minimum atomic E-state index is -0.584. The molecule has 0 bridgehead atoms. The first-order valence-electron chi connectivity index (χ1n) is 23.0. The van der Waals surface area contributed by atoms with Crippen molar-refractivity contribution in [2.24, 2.45) is 26.1 Å². The molecule has 10 aromatic rings. The number of aromatic nitrogens is 15. The van der Waals surface area contributed by atoms with E-state index in [4.69, 9.17) is 11.6 Å². The minimum Gasteiger partial charge on any atom is -0.315 e. The van der Waals surface area contributed by atoms with Crippen LogP contribution >= 0.6 is 109 Å². The van der Waals surface area contributed by atoms with Crippen LogP contribution in [-0.2, 0) is 66.9 Å². The second-order valence-corrected chi connectivity index (χ2v) is 23.5. The topological polar surface area (TPSA) is 353 Å². The lowest BCUT2D eigenvalue weighted by Crippen LogP contribution is -2.40. The summed E-state index contributed by atoms with van der Waals surface area (Å²) in [5.74, 6) is 0.830. The number of aryl methyl sites for hydroxylation is 2. The van der Waals surface area contributed by atoms with Crippen LogP contribution < -0.4 is 49.7 Å². The number of imidazole rings is 2. The highest BCUT2D eigenvalue weighted by Gasteiger charge is 2.20. The van der Waals surface area contributed by atoms with E-state index in [0.29, 0.717) is 48.8 Å². The van der Waals surface area contributed by atoms with Crippen LogP contribution in [0.4, 0.5) is 23.3 Å². The standard InChI is InChI=1S/C17H14BrN7O3S.C11H9BrN6O3S.C7H7N3O2.C6H6BrN.C5H4BrClN2OS.2CH4/c1-23-14-13(15(27)25(17(23)28)6-10-4-2-3-5-19-10)24(9-20-14)7-12(26)21-11-8-29-16(18)22-11;1-17-8-7(9(20)16-11(17)21)18(4-13-8)2-6(19)14-5-3-22-10(12)15-5;1-10-5-4(2-3-8-5)6(11)9-7(10)12;7-5-6-3-1-2-4-8-6;6-5-9-3(2-11-5)8-4(10)1-7;;/h2-5,8-9H,6-7H2,1H3,(H,21,26);3-4H,2H2,1H3,(H,14,19)(H,16,20,21);3H,2H2,1H3,(H,9,11,12);1-4H,5H2;2H,1H2,(H,8,10);2*1H4. The van der Waals surface area contributed by atoms with Crippen LogP contribution in [0, 0.1) is 0 Å². The number of nitrogens with one attached hydrogen (secondary N) is 5. The van der Waals surface area contributed by atoms with E-state index in [0.717, 1.165) is 19.5 Å². The molecule has 0 fully saturated rings. The number of amides is 3. The maximum atomic E-state index is 13.0. The average Bonchev–Trinajstić information content (AvgIpc) is 3.56. The van der Waals surface area contributed by atoms with Crippen LogP contribution in [0.3, 0.4) is 0 Å². The van der Waals surface area contributed by atoms with E-state index in [1.165, 1.54) is 83.6 Å². The molecule has 0 saturated carbocycles. The highest BCUT2D eigenvalue weighted by molar-refractivity contribution is 9.11. The zero-order chi connectivity index (χ0) is 59.2. The molecular weight excluding hydrogens is 1440 g/mol. The highest BCUT2D eigenvalue weighted by Crippen LogP contribution is 2.22. The highest BCUT2D eigenvalue weighted by atomic mass is 79.9. The van der Waals surface area contributed by atoms with Crippen LogP contribution in [0.5, 0.6) is 0 Å². The lowest BCUT2D eigenvalue weighted by Gasteiger charge is -2.09. The van der Waals surface area contributed by atoms with E-state index in [2.05, 4.69) is 130 Å². The number of nitrogens with zero attached hydrogens (tertiary/aromatic N) is 14. The second kappa shape index (κ2) is 31.4. The van der Waals surface area contributed by atoms with Gasteiger partial charge in [0, 0.05) is 67.6 Å². The summed E-state index contributed by atoms with van der Waals surface area (Å²) in [6.45, 7) is -0.248. The molecule has 442 valence electrons. The molecule has 0 atom stereocenters. The molecule has 0 unspecified atom stereocenters. The summed E-state index contributed by atoms with van der Waals surface area (Å²) in [6, 6.07) is 11.1. The van der Waals surface area contributed by atoms with Crippen molar-refractivity contribution in [2.75, 3.05) is 21.8 Å². The van der Waals surface area contributed by atoms with Crippen molar-refractivity contribution < 1.29 is 14.4 Å². The molecule has 11 rings (SSSR count). The maximum absolute atomic E-state index is 13.0. The number of pyridine rings is 2. The lowest BCUT2D eigenvalue weighted by molar-refractivity contribution is -0.117. The first kappa shape index (κ1) is 67.3. The van der Waals surface area contributed by atoms with Crippen LogP contribution in [0.2, 0.25) is 0 Å². The number of aliphatic imine (C=N–C) groups is 1. The monoisotopic (exact) mass is 1480 g/mol. The fourth-order valence-corrected chi connectivity index (χ4v) is 10.3. The third-order valence-corrected chi connectivity index (χ3v) is 15.7. The Labute approximate surface area is 524 Å². The molecule has 10 aromatic heterocycles. The SMILES string of the molecule is BrCc1ccccn1.C.C.Cn1c(=O)[nH]c(=O)c2c1ncn2CC(=O)Nc1csc(Br)n1.Cn1c(=O)n(Cc2ccccn2)c(=O)c2c1ncn2CC(=O)Nc1csc(Br)n1.Cn1c2c(c(=O)[nH]c1=O)CC=N2.O=C(CCl)Nc1csc(Br)n1. The Hall–Kier alpha value is -7.54. The van der Waals surface area contributed by atoms with Gasteiger partial charge < -0.3 is 25.1 Å². The molecule has 84 heavy (non-hydrogen) atoms. The molecule has 5 N–H and O–H groups in total. The number of alkyl halides is 2. The molecule has 0 spiro atoms. The van der Waals surface area contributed by atoms with Crippen molar-refractivity contribution >= 4 is 179 Å². The van der Waals surface area contributed by atoms with Gasteiger partial charge in [-0.2, -0.15) is 0 Å². The van der Waals surface area contributed by atoms with Crippen molar-refractivity contribution in [1.82, 2.24) is 72.3 Å². The predicted octanol–water partition coefficient (Wildman–Crippen LogP) is 6.14. The Kier molecular flexibility index (Phi) is 25.1. The largest absolute Gasteiger partial charge is 0.332 e. The van der Waals surface area contributed by atoms with Gasteiger partial charge in [0.25, 0.3) is 16.7 Å². The van der Waals surface area contributed by atoms with Crippen molar-refractivity contribution in [3.8, 4) is 0 Å². The van der Waals surface area contributed by atoms with Gasteiger partial charge in [0.2, 0.25) is 17.7 Å². The number of aromatic amines is 2. The molecule has 36 heteroatoms. The normalized spacial score (nSPS) is 10.8. The van der Waals surface area contributed by atoms with Gasteiger partial charge in [-0.25, -0.2) is 44.3 Å². The lowest BCUT2D eigenvalue weighted by atomic mass is 10.2. The number of carbonyl (C=O) groups excluding carboxylic acids is 3. The Morgan fingerprint density at radius 3 is 1.57 bits per heavy atom. The number of hydrogen-bond acceptors (Lipinski definition) is 20. The number of rotatable bonds is 11. The number of carbonyl (C=O) groups is 3. The first-order valence-corrected chi connectivity index (χ1v) is 29.7. The van der Waals surface area contributed by atoms with Crippen molar-refractivity contribution in [3.63, 3.8) is 0 Å². The smallest absolute Gasteiger partial charge is 0.315 e. The van der Waals surface area contributed by atoms with Gasteiger partial charge in [0.1, 0.15) is 42.2 Å². The number of H-pyrrole nitrogens is 2. The van der Waals surface area contributed by atoms with E-state index in [1.807, 2.05) is 18.2 Å². The third kappa shape index (κ3) is 17.5. The van der Waals surface area contributed by atoms with Gasteiger partial charge in [-0.15, -0.1) is 45.6 Å². The molecule has 1 aliphatic rings. The molecule has 0 aromatic carbocycles. The summed E-state index contributed by atoms with van der Waals surface area (Å²) in [7, 11) is 4.60. The van der Waals surface area contributed by atoms with E-state index in [1.54, 1.807) is 60.0 Å². The van der Waals surface area contributed by atoms with Crippen molar-refractivity contribution in [3.05, 3.63) is 169 Å². The van der Waals surface area contributed by atoms with Gasteiger partial charge in [0.05, 0.1) is 36.2 Å². The average molecular weight is 1490 g/mol. The molecule has 11 heterocycles. The van der Waals surface area contributed by atoms with Crippen LogP contribution in [-0.4, -0.2) is 102 Å². The number of hydrogen-bond donors (Lipinski definition) is 5. The minimum absolute atomic E-state index is 0. The van der Waals surface area contributed by atoms with E-state index in [-0.39, 0.29) is 86.0 Å². The van der Waals surface area contributed by atoms with Gasteiger partial charge in [-0.3, -0.25) is 67.0 Å². The number of halogens is 5. The number of anilines is 3. The zero-order valence-corrected chi connectivity index (χ0v) is 51.9. The fraction of sp³-hybridized carbons (Fsp3) is 0.229. The number of fused-ring (bicyclic) bond motifs is 3. The molecule has 0 aliphatic carbocycles. The molecule has 1 aliphatic heterocycles. The number of thiazole rings is 3. The predicted molar refractivity (Wildman–Crippen MR) is 339 cm³/mol. The summed E-state index contributed by atoms with van der Waals surface area (Å²) in [5, 5.41) is 13.7. The summed E-state index contributed by atoms with van der Waals surface area (Å²) in [4.78, 5) is 143. The van der Waals surface area contributed by atoms with Crippen LogP contribution in [0.15, 0.2) is 123 Å². The molecule has 0 radical (unpaired) electrons. The zero-order valence-electron chi connectivity index (χ0n) is 42.4. The Balaban J connectivity index is 0.000000206. The Morgan fingerprint density at radius 2 is 1.11 bits per heavy atom. The molecule has 3 amide bonds. The van der Waals surface area contributed by atoms with E-state index >= 15 is 0 Å². The van der Waals surface area contributed by atoms with Crippen LogP contribution in [0.25, 0.3) is 22.3 Å². The quantitative estimate of drug-likeness (QED) is 0.0908. The molecule has 0 saturated heterocycles. The Bertz CT molecular complexity index is 4340. The summed E-state index contributed by atoms with van der Waals surface area (Å²) < 4.78 is 9.75. The van der Waals surface area contributed by atoms with Gasteiger partial charge >= 0.3 is 17.1 Å². The van der Waals surface area contributed by atoms with Crippen LogP contribution in [0.1, 0.15) is 31.8 Å². The Morgan fingerprint density at radius 1 is 0.631 bits per heavy atom. The molecule has 28 nitrogen and oxygen atoms in total. The van der Waals surface area contributed by atoms with Crippen molar-refractivity contribution in [1.29, 1.82) is 0 Å². The summed E-state index contributed by atoms with van der Waals surface area (Å²) >= 11 is 22.2. The summed E-state index contributed by atoms with van der Waals surface area (Å²) in [6.07, 6.45) is 8.23. The third-order valence-electron chi connectivity index (χ3n) is 10.8. The van der Waals surface area contributed by atoms with Gasteiger partial charge in [0.15, 0.2) is 34.1 Å². The van der Waals surface area contributed by atoms with E-state index in [9.17, 15) is 43.2 Å². The van der Waals surface area contributed by atoms with Gasteiger partial charge in [-0.05, 0) is 72.1 Å². The maximum Gasteiger partial charge on any atom is 0.332 e. The summed E-state index contributed by atoms with van der Waals surface area (Å²) in [5.41, 5.74) is 0.0516.